The molecule has 0 aromatic heterocycles. The summed E-state index contributed by atoms with van der Waals surface area (Å²) in [6.45, 7) is 3.52. The Bertz CT molecular complexity index is 446. The van der Waals surface area contributed by atoms with E-state index in [1.54, 1.807) is 6.07 Å². The van der Waals surface area contributed by atoms with Crippen molar-refractivity contribution >= 4 is 11.8 Å². The number of nitrogens with two attached hydrogens (primary N) is 1. The van der Waals surface area contributed by atoms with Gasteiger partial charge in [0.2, 0.25) is 5.91 Å². The molecule has 19 heavy (non-hydrogen) atoms. The molecule has 0 spiro atoms. The van der Waals surface area contributed by atoms with Crippen LogP contribution in [0.3, 0.4) is 0 Å². The van der Waals surface area contributed by atoms with Gasteiger partial charge in [0.15, 0.2) is 13.2 Å². The molecule has 0 saturated heterocycles. The normalized spacial score (nSPS) is 10.3. The number of hydrogen-bond acceptors (Lipinski definition) is 4. The van der Waals surface area contributed by atoms with Crippen LogP contribution < -0.4 is 16.0 Å². The maximum atomic E-state index is 11.4. The summed E-state index contributed by atoms with van der Waals surface area (Å²) >= 11 is 0. The maximum Gasteiger partial charge on any atom is 0.281 e. The average molecular weight is 266 g/mol. The molecular weight excluding hydrogens is 248 g/mol. The van der Waals surface area contributed by atoms with Gasteiger partial charge in [-0.15, -0.1) is 0 Å². The van der Waals surface area contributed by atoms with Gasteiger partial charge in [-0.2, -0.15) is 0 Å². The van der Waals surface area contributed by atoms with Crippen molar-refractivity contribution in [1.29, 1.82) is 0 Å². The van der Waals surface area contributed by atoms with Crippen LogP contribution in [0.4, 0.5) is 0 Å². The standard InChI is InChI=1S/C13H18N2O4/c1-9(2)10-5-3-4-6-11(10)18-8-13(17)15-19-7-12(14)16/h3-6,9H,7-8H2,1-2H3,(H2,14,16)(H,15,17). The summed E-state index contributed by atoms with van der Waals surface area (Å²) in [4.78, 5) is 26.3. The summed E-state index contributed by atoms with van der Waals surface area (Å²) in [7, 11) is 0. The van der Waals surface area contributed by atoms with Crippen molar-refractivity contribution in [3.63, 3.8) is 0 Å². The number of hydrogen-bond donors (Lipinski definition) is 2. The van der Waals surface area contributed by atoms with E-state index in [0.717, 1.165) is 5.56 Å². The zero-order valence-corrected chi connectivity index (χ0v) is 11.0. The lowest BCUT2D eigenvalue weighted by molar-refractivity contribution is -0.139. The highest BCUT2D eigenvalue weighted by atomic mass is 16.7. The number of amides is 2. The Morgan fingerprint density at radius 1 is 1.26 bits per heavy atom. The van der Waals surface area contributed by atoms with E-state index in [4.69, 9.17) is 10.5 Å². The van der Waals surface area contributed by atoms with Gasteiger partial charge in [-0.05, 0) is 17.5 Å². The summed E-state index contributed by atoms with van der Waals surface area (Å²) in [5.41, 5.74) is 7.94. The SMILES string of the molecule is CC(C)c1ccccc1OCC(=O)NOCC(N)=O. The Labute approximate surface area is 111 Å². The second-order valence-corrected chi connectivity index (χ2v) is 4.26. The Morgan fingerprint density at radius 3 is 2.58 bits per heavy atom. The van der Waals surface area contributed by atoms with E-state index in [-0.39, 0.29) is 13.2 Å². The number of para-hydroxylation sites is 1. The van der Waals surface area contributed by atoms with Crippen molar-refractivity contribution in [1.82, 2.24) is 5.48 Å². The second-order valence-electron chi connectivity index (χ2n) is 4.26. The Kier molecular flexibility index (Phi) is 5.81. The summed E-state index contributed by atoms with van der Waals surface area (Å²) in [5.74, 6) is -0.195. The van der Waals surface area contributed by atoms with E-state index in [1.165, 1.54) is 0 Å². The van der Waals surface area contributed by atoms with E-state index in [9.17, 15) is 9.59 Å². The van der Waals surface area contributed by atoms with Gasteiger partial charge in [0, 0.05) is 0 Å². The maximum absolute atomic E-state index is 11.4. The van der Waals surface area contributed by atoms with E-state index < -0.39 is 11.8 Å². The number of nitrogens with one attached hydrogen (secondary N) is 1. The minimum atomic E-state index is -0.661. The predicted molar refractivity (Wildman–Crippen MR) is 69.3 cm³/mol. The molecule has 0 saturated carbocycles. The minimum Gasteiger partial charge on any atom is -0.483 e. The first kappa shape index (κ1) is 15.0. The zero-order valence-electron chi connectivity index (χ0n) is 11.0. The number of primary amides is 1. The highest BCUT2D eigenvalue weighted by molar-refractivity contribution is 5.77. The summed E-state index contributed by atoms with van der Waals surface area (Å²) in [6.07, 6.45) is 0. The zero-order chi connectivity index (χ0) is 14.3. The monoisotopic (exact) mass is 266 g/mol. The van der Waals surface area contributed by atoms with Gasteiger partial charge < -0.3 is 10.5 Å². The van der Waals surface area contributed by atoms with Crippen molar-refractivity contribution in [2.45, 2.75) is 19.8 Å². The summed E-state index contributed by atoms with van der Waals surface area (Å²) in [6, 6.07) is 7.50. The van der Waals surface area contributed by atoms with Crippen LogP contribution in [-0.2, 0) is 14.4 Å². The molecule has 3 N–H and O–H groups in total. The number of ether oxygens (including phenoxy) is 1. The lowest BCUT2D eigenvalue weighted by atomic mass is 10.0. The molecule has 0 bridgehead atoms. The Morgan fingerprint density at radius 2 is 1.95 bits per heavy atom. The smallest absolute Gasteiger partial charge is 0.281 e. The lowest BCUT2D eigenvalue weighted by Gasteiger charge is -2.13. The number of hydroxylamine groups is 1. The molecule has 6 nitrogen and oxygen atoms in total. The van der Waals surface area contributed by atoms with Crippen LogP contribution in [0.2, 0.25) is 0 Å². The van der Waals surface area contributed by atoms with Crippen LogP contribution >= 0.6 is 0 Å². The van der Waals surface area contributed by atoms with E-state index in [1.807, 2.05) is 32.0 Å². The van der Waals surface area contributed by atoms with Crippen LogP contribution in [0.1, 0.15) is 25.3 Å². The molecule has 0 aliphatic carbocycles. The van der Waals surface area contributed by atoms with Crippen molar-refractivity contribution < 1.29 is 19.2 Å². The lowest BCUT2D eigenvalue weighted by Crippen LogP contribution is -2.32. The second kappa shape index (κ2) is 7.38. The van der Waals surface area contributed by atoms with Gasteiger partial charge in [0.1, 0.15) is 5.75 Å². The highest BCUT2D eigenvalue weighted by Gasteiger charge is 2.09. The minimum absolute atomic E-state index is 0.192. The molecule has 0 unspecified atom stereocenters. The number of carbonyl (C=O) groups excluding carboxylic acids is 2. The topological polar surface area (TPSA) is 90.7 Å². The fourth-order valence-electron chi connectivity index (χ4n) is 1.45. The molecule has 2 amide bonds. The van der Waals surface area contributed by atoms with Crippen molar-refractivity contribution in [3.8, 4) is 5.75 Å². The molecule has 0 aliphatic heterocycles. The molecule has 0 radical (unpaired) electrons. The quantitative estimate of drug-likeness (QED) is 0.711. The Balaban J connectivity index is 2.44. The largest absolute Gasteiger partial charge is 0.483 e. The third-order valence-corrected chi connectivity index (χ3v) is 2.30. The number of benzene rings is 1. The molecule has 0 aliphatic rings. The average Bonchev–Trinajstić information content (AvgIpc) is 2.36. The van der Waals surface area contributed by atoms with E-state index >= 15 is 0 Å². The molecule has 0 atom stereocenters. The van der Waals surface area contributed by atoms with E-state index in [2.05, 4.69) is 10.3 Å². The van der Waals surface area contributed by atoms with Crippen LogP contribution in [0.15, 0.2) is 24.3 Å². The predicted octanol–water partition coefficient (Wildman–Crippen LogP) is 0.722. The van der Waals surface area contributed by atoms with E-state index in [0.29, 0.717) is 11.7 Å². The number of rotatable bonds is 7. The first-order valence-corrected chi connectivity index (χ1v) is 5.91. The third kappa shape index (κ3) is 5.39. The molecule has 1 rings (SSSR count). The molecule has 104 valence electrons. The molecule has 0 heterocycles. The Hall–Kier alpha value is -2.08. The molecule has 6 heteroatoms. The van der Waals surface area contributed by atoms with Crippen molar-refractivity contribution in [2.75, 3.05) is 13.2 Å². The summed E-state index contributed by atoms with van der Waals surface area (Å²) < 4.78 is 5.41. The molecule has 0 fully saturated rings. The van der Waals surface area contributed by atoms with Gasteiger partial charge in [0.05, 0.1) is 0 Å². The highest BCUT2D eigenvalue weighted by Crippen LogP contribution is 2.25. The third-order valence-electron chi connectivity index (χ3n) is 2.30. The van der Waals surface area contributed by atoms with Crippen LogP contribution in [-0.4, -0.2) is 25.0 Å². The van der Waals surface area contributed by atoms with Gasteiger partial charge in [0.25, 0.3) is 5.91 Å². The molecule has 1 aromatic rings. The fourth-order valence-corrected chi connectivity index (χ4v) is 1.45. The first-order chi connectivity index (χ1) is 9.00. The van der Waals surface area contributed by atoms with Crippen LogP contribution in [0, 0.1) is 0 Å². The van der Waals surface area contributed by atoms with Gasteiger partial charge in [-0.25, -0.2) is 5.48 Å². The van der Waals surface area contributed by atoms with Crippen LogP contribution in [0.25, 0.3) is 0 Å². The first-order valence-electron chi connectivity index (χ1n) is 5.91. The van der Waals surface area contributed by atoms with Gasteiger partial charge in [-0.3, -0.25) is 14.4 Å². The fraction of sp³-hybridized carbons (Fsp3) is 0.385. The number of carbonyl (C=O) groups is 2. The van der Waals surface area contributed by atoms with Crippen LogP contribution in [0.5, 0.6) is 5.75 Å². The summed E-state index contributed by atoms with van der Waals surface area (Å²) in [5, 5.41) is 0. The molecule has 1 aromatic carbocycles. The van der Waals surface area contributed by atoms with Crippen molar-refractivity contribution in [2.24, 2.45) is 5.73 Å². The van der Waals surface area contributed by atoms with Gasteiger partial charge >= 0.3 is 0 Å². The van der Waals surface area contributed by atoms with Crippen molar-refractivity contribution in [3.05, 3.63) is 29.8 Å². The van der Waals surface area contributed by atoms with Gasteiger partial charge in [-0.1, -0.05) is 32.0 Å². The molecular formula is C13H18N2O4.